The predicted molar refractivity (Wildman–Crippen MR) is 195 cm³/mol. The zero-order valence-electron chi connectivity index (χ0n) is 29.3. The number of pyridine rings is 2. The van der Waals surface area contributed by atoms with Crippen LogP contribution in [0.4, 0.5) is 10.2 Å². The number of nitrogens with zero attached hydrogens (tertiary/aromatic N) is 7. The highest BCUT2D eigenvalue weighted by atomic mass is 19.1. The Bertz CT molecular complexity index is 1780. The van der Waals surface area contributed by atoms with Gasteiger partial charge in [-0.05, 0) is 88.8 Å². The summed E-state index contributed by atoms with van der Waals surface area (Å²) < 4.78 is 23.8. The van der Waals surface area contributed by atoms with E-state index in [0.717, 1.165) is 98.6 Å². The van der Waals surface area contributed by atoms with Crippen LogP contribution in [0.1, 0.15) is 63.1 Å². The molecule has 6 heterocycles. The number of halogens is 1. The molecule has 7 rings (SSSR count). The minimum atomic E-state index is -0.294. The minimum absolute atomic E-state index is 0.212. The number of hydrazine groups is 1. The molecule has 0 aliphatic carbocycles. The number of rotatable bonds is 9. The van der Waals surface area contributed by atoms with Gasteiger partial charge in [0.2, 0.25) is 0 Å². The molecule has 3 aromatic heterocycles. The van der Waals surface area contributed by atoms with Gasteiger partial charge in [0.1, 0.15) is 17.3 Å². The maximum absolute atomic E-state index is 15.9. The normalized spacial score (nSPS) is 20.2. The van der Waals surface area contributed by atoms with E-state index in [1.54, 1.807) is 19.2 Å². The second-order valence-electron chi connectivity index (χ2n) is 14.2. The number of hydrogen-bond acceptors (Lipinski definition) is 9. The van der Waals surface area contributed by atoms with E-state index in [4.69, 9.17) is 26.3 Å². The number of nitrogens with two attached hydrogens (primary N) is 2. The van der Waals surface area contributed by atoms with Crippen molar-refractivity contribution in [3.8, 4) is 0 Å². The largest absolute Gasteiger partial charge is 0.401 e. The summed E-state index contributed by atoms with van der Waals surface area (Å²) in [7, 11) is 1.78. The molecule has 10 nitrogen and oxygen atoms in total. The molecule has 0 amide bonds. The van der Waals surface area contributed by atoms with E-state index in [9.17, 15) is 0 Å². The second kappa shape index (κ2) is 14.6. The first-order chi connectivity index (χ1) is 23.8. The molecule has 4 aromatic rings. The molecule has 0 spiro atoms. The van der Waals surface area contributed by atoms with Gasteiger partial charge in [0.25, 0.3) is 0 Å². The fourth-order valence-electron chi connectivity index (χ4n) is 8.43. The molecule has 1 aromatic carbocycles. The van der Waals surface area contributed by atoms with Crippen LogP contribution >= 0.6 is 0 Å². The molecule has 3 aliphatic rings. The molecule has 262 valence electrons. The minimum Gasteiger partial charge on any atom is -0.401 e. The van der Waals surface area contributed by atoms with Gasteiger partial charge in [0.15, 0.2) is 0 Å². The van der Waals surface area contributed by atoms with Crippen LogP contribution in [0.2, 0.25) is 0 Å². The number of hydrogen-bond donors (Lipinski definition) is 2. The quantitative estimate of drug-likeness (QED) is 0.184. The van der Waals surface area contributed by atoms with Gasteiger partial charge in [-0.1, -0.05) is 25.1 Å². The SMILES string of the molecule is CCN1CCC(N2CCN(c3ccc4c5ncc(/C(=C(\C)N)N(C)N)cc5n(C(CC5CCOCC5)c5ccccc5F)c4n3)CC2)CC1. The average Bonchev–Trinajstić information content (AvgIpc) is 3.44. The number of fused-ring (bicyclic) bond motifs is 3. The molecule has 3 aliphatic heterocycles. The Kier molecular flexibility index (Phi) is 10.0. The lowest BCUT2D eigenvalue weighted by atomic mass is 9.89. The lowest BCUT2D eigenvalue weighted by molar-refractivity contribution is 0.0608. The van der Waals surface area contributed by atoms with Gasteiger partial charge in [0, 0.05) is 80.9 Å². The standard InChI is InChI=1S/C38H52FN9O/c1-4-45-15-11-29(12-16-45)46-17-19-47(20-18-46)35-10-9-31-36-34(24-28(25-42-36)37(26(2)40)44(3)41)48(38(31)43-35)33(23-27-13-21-49-22-14-27)30-7-5-6-8-32(30)39/h5-10,24-25,27,29,33H,4,11-23,40-41H2,1-3H3/b37-26-. The van der Waals surface area contributed by atoms with Gasteiger partial charge < -0.3 is 29.8 Å². The Hall–Kier alpha value is -3.77. The molecule has 11 heteroatoms. The topological polar surface area (TPSA) is 105 Å². The maximum atomic E-state index is 15.9. The zero-order chi connectivity index (χ0) is 34.1. The summed E-state index contributed by atoms with van der Waals surface area (Å²) in [6.45, 7) is 13.0. The third-order valence-corrected chi connectivity index (χ3v) is 11.1. The molecule has 3 saturated heterocycles. The van der Waals surface area contributed by atoms with E-state index < -0.39 is 0 Å². The van der Waals surface area contributed by atoms with Gasteiger partial charge in [-0.25, -0.2) is 15.2 Å². The van der Waals surface area contributed by atoms with Crippen molar-refractivity contribution in [1.82, 2.24) is 29.3 Å². The van der Waals surface area contributed by atoms with E-state index >= 15 is 4.39 Å². The molecule has 3 fully saturated rings. The van der Waals surface area contributed by atoms with Gasteiger partial charge in [-0.2, -0.15) is 0 Å². The predicted octanol–water partition coefficient (Wildman–Crippen LogP) is 5.19. The van der Waals surface area contributed by atoms with E-state index in [2.05, 4.69) is 44.4 Å². The number of anilines is 1. The molecule has 1 unspecified atom stereocenters. The van der Waals surface area contributed by atoms with Gasteiger partial charge >= 0.3 is 0 Å². The molecule has 0 radical (unpaired) electrons. The summed E-state index contributed by atoms with van der Waals surface area (Å²) in [5, 5.41) is 2.49. The monoisotopic (exact) mass is 669 g/mol. The molecule has 4 N–H and O–H groups in total. The highest BCUT2D eigenvalue weighted by Crippen LogP contribution is 2.40. The first-order valence-electron chi connectivity index (χ1n) is 18.1. The number of piperidine rings is 1. The van der Waals surface area contributed by atoms with Crippen LogP contribution in [0.15, 0.2) is 54.4 Å². The van der Waals surface area contributed by atoms with Crippen molar-refractivity contribution in [3.05, 3.63) is 71.3 Å². The lowest BCUT2D eigenvalue weighted by Gasteiger charge is -2.43. The maximum Gasteiger partial charge on any atom is 0.145 e. The van der Waals surface area contributed by atoms with Crippen LogP contribution in [-0.4, -0.2) is 101 Å². The molecule has 0 saturated carbocycles. The zero-order valence-corrected chi connectivity index (χ0v) is 29.3. The fourth-order valence-corrected chi connectivity index (χ4v) is 8.43. The number of aromatic nitrogens is 3. The van der Waals surface area contributed by atoms with Crippen LogP contribution in [-0.2, 0) is 4.74 Å². The average molecular weight is 670 g/mol. The second-order valence-corrected chi connectivity index (χ2v) is 14.2. The van der Waals surface area contributed by atoms with Crippen LogP contribution in [0, 0.1) is 11.7 Å². The summed E-state index contributed by atoms with van der Waals surface area (Å²) >= 11 is 0. The summed E-state index contributed by atoms with van der Waals surface area (Å²) in [6, 6.07) is 13.9. The molecule has 49 heavy (non-hydrogen) atoms. The Morgan fingerprint density at radius 1 is 1.02 bits per heavy atom. The van der Waals surface area contributed by atoms with Crippen molar-refractivity contribution in [2.24, 2.45) is 17.5 Å². The Labute approximate surface area is 289 Å². The van der Waals surface area contributed by atoms with Crippen molar-refractivity contribution in [3.63, 3.8) is 0 Å². The van der Waals surface area contributed by atoms with Crippen LogP contribution < -0.4 is 16.5 Å². The molecule has 0 bridgehead atoms. The van der Waals surface area contributed by atoms with Crippen LogP contribution in [0.3, 0.4) is 0 Å². The van der Waals surface area contributed by atoms with Crippen molar-refractivity contribution in [2.45, 2.75) is 58.0 Å². The molecule has 1 atom stereocenters. The molecular weight excluding hydrogens is 617 g/mol. The Morgan fingerprint density at radius 3 is 2.43 bits per heavy atom. The van der Waals surface area contributed by atoms with E-state index in [0.29, 0.717) is 28.9 Å². The third-order valence-electron chi connectivity index (χ3n) is 11.1. The van der Waals surface area contributed by atoms with Crippen molar-refractivity contribution >= 4 is 33.6 Å². The Balaban J connectivity index is 1.32. The van der Waals surface area contributed by atoms with Gasteiger partial charge in [-0.15, -0.1) is 0 Å². The van der Waals surface area contributed by atoms with Crippen molar-refractivity contribution < 1.29 is 9.13 Å². The number of benzene rings is 1. The third kappa shape index (κ3) is 6.86. The van der Waals surface area contributed by atoms with Crippen molar-refractivity contribution in [1.29, 1.82) is 0 Å². The van der Waals surface area contributed by atoms with Crippen molar-refractivity contribution in [2.75, 3.05) is 71.0 Å². The highest BCUT2D eigenvalue weighted by Gasteiger charge is 2.31. The van der Waals surface area contributed by atoms with Crippen LogP contribution in [0.5, 0.6) is 0 Å². The number of allylic oxidation sites excluding steroid dienone is 1. The number of likely N-dealkylation sites (tertiary alicyclic amines) is 1. The first kappa shape index (κ1) is 33.7. The fraction of sp³-hybridized carbons (Fsp3) is 0.526. The van der Waals surface area contributed by atoms with E-state index in [-0.39, 0.29) is 11.9 Å². The summed E-state index contributed by atoms with van der Waals surface area (Å²) in [6.07, 6.45) is 6.99. The number of ether oxygens (including phenoxy) is 1. The van der Waals surface area contributed by atoms with Crippen LogP contribution in [0.25, 0.3) is 27.8 Å². The van der Waals surface area contributed by atoms with Gasteiger partial charge in [0.05, 0.1) is 22.8 Å². The lowest BCUT2D eigenvalue weighted by Crippen LogP contribution is -2.53. The summed E-state index contributed by atoms with van der Waals surface area (Å²) in [4.78, 5) is 18.1. The highest BCUT2D eigenvalue weighted by molar-refractivity contribution is 6.05. The summed E-state index contributed by atoms with van der Waals surface area (Å²) in [5.74, 6) is 7.40. The van der Waals surface area contributed by atoms with Gasteiger partial charge in [-0.3, -0.25) is 9.88 Å². The molecular formula is C38H52FN9O. The number of piperazine rings is 1. The first-order valence-corrected chi connectivity index (χ1v) is 18.1. The summed E-state index contributed by atoms with van der Waals surface area (Å²) in [5.41, 5.74) is 11.6. The Morgan fingerprint density at radius 2 is 1.76 bits per heavy atom. The smallest absolute Gasteiger partial charge is 0.145 e. The van der Waals surface area contributed by atoms with E-state index in [1.807, 2.05) is 25.3 Å². The van der Waals surface area contributed by atoms with E-state index in [1.165, 1.54) is 30.9 Å².